The van der Waals surface area contributed by atoms with E-state index in [9.17, 15) is 21.6 Å². The molecule has 31 heavy (non-hydrogen) atoms. The van der Waals surface area contributed by atoms with Crippen molar-refractivity contribution in [1.82, 2.24) is 14.7 Å². The van der Waals surface area contributed by atoms with Gasteiger partial charge in [0.2, 0.25) is 5.91 Å². The van der Waals surface area contributed by atoms with Gasteiger partial charge >= 0.3 is 0 Å². The number of rotatable bonds is 2. The smallest absolute Gasteiger partial charge is 0.285 e. The van der Waals surface area contributed by atoms with Crippen molar-refractivity contribution in [1.29, 1.82) is 0 Å². The quantitative estimate of drug-likeness (QED) is 0.601. The molecule has 0 unspecified atom stereocenters. The van der Waals surface area contributed by atoms with Gasteiger partial charge in [0.1, 0.15) is 10.9 Å². The summed E-state index contributed by atoms with van der Waals surface area (Å²) in [7, 11) is -6.66. The maximum Gasteiger partial charge on any atom is 0.285 e. The second-order valence-corrected chi connectivity index (χ2v) is 12.5. The van der Waals surface area contributed by atoms with Crippen molar-refractivity contribution in [3.63, 3.8) is 0 Å². The molecule has 0 aromatic heterocycles. The lowest BCUT2D eigenvalue weighted by molar-refractivity contribution is -0.136. The summed E-state index contributed by atoms with van der Waals surface area (Å²) in [5.41, 5.74) is 0.564. The van der Waals surface area contributed by atoms with E-state index in [0.717, 1.165) is 6.42 Å². The molecule has 4 aliphatic rings. The van der Waals surface area contributed by atoms with Crippen LogP contribution >= 0.6 is 0 Å². The molecule has 0 aliphatic carbocycles. The molecule has 0 radical (unpaired) electrons. The molecule has 0 saturated carbocycles. The van der Waals surface area contributed by atoms with E-state index in [-0.39, 0.29) is 28.4 Å². The molecular weight excluding hydrogens is 440 g/mol. The van der Waals surface area contributed by atoms with Gasteiger partial charge in [-0.05, 0) is 31.4 Å². The fourth-order valence-electron chi connectivity index (χ4n) is 5.15. The molecule has 4 heterocycles. The predicted octanol–water partition coefficient (Wildman–Crippen LogP) is -0.0688. The highest BCUT2D eigenvalue weighted by Crippen LogP contribution is 2.32. The molecule has 5 rings (SSSR count). The third-order valence-corrected chi connectivity index (χ3v) is 9.85. The van der Waals surface area contributed by atoms with Crippen molar-refractivity contribution in [2.45, 2.75) is 36.2 Å². The van der Waals surface area contributed by atoms with E-state index >= 15 is 0 Å². The molecule has 3 saturated heterocycles. The Labute approximate surface area is 182 Å². The number of sulfone groups is 1. The van der Waals surface area contributed by atoms with Crippen LogP contribution in [0.15, 0.2) is 33.6 Å². The molecule has 9 nitrogen and oxygen atoms in total. The van der Waals surface area contributed by atoms with Gasteiger partial charge < -0.3 is 9.80 Å². The first-order valence-electron chi connectivity index (χ1n) is 10.7. The van der Waals surface area contributed by atoms with Gasteiger partial charge in [-0.1, -0.05) is 12.1 Å². The number of hydrogen-bond donors (Lipinski definition) is 0. The van der Waals surface area contributed by atoms with Crippen molar-refractivity contribution < 1.29 is 21.6 Å². The van der Waals surface area contributed by atoms with Gasteiger partial charge in [0.15, 0.2) is 15.7 Å². The molecule has 2 atom stereocenters. The molecule has 3 fully saturated rings. The number of fused-ring (bicyclic) bond motifs is 1. The van der Waals surface area contributed by atoms with Crippen LogP contribution in [0, 0.1) is 0 Å². The largest absolute Gasteiger partial charge is 0.343 e. The summed E-state index contributed by atoms with van der Waals surface area (Å²) in [5.74, 6) is 0.840. The lowest BCUT2D eigenvalue weighted by Crippen LogP contribution is -2.56. The molecule has 1 aromatic rings. The van der Waals surface area contributed by atoms with Crippen molar-refractivity contribution in [2.24, 2.45) is 4.40 Å². The SMILES string of the molecule is O=C([C@H]1CCCN1C1=NS(=O)(=O)c2ccccc21)N1CCN([C@H]2CCS(=O)(=O)C2)CC1. The van der Waals surface area contributed by atoms with Crippen molar-refractivity contribution >= 4 is 31.6 Å². The number of likely N-dealkylation sites (tertiary alicyclic amines) is 1. The minimum Gasteiger partial charge on any atom is -0.343 e. The predicted molar refractivity (Wildman–Crippen MR) is 115 cm³/mol. The second kappa shape index (κ2) is 7.56. The Balaban J connectivity index is 1.29. The van der Waals surface area contributed by atoms with Crippen LogP contribution in [0.3, 0.4) is 0 Å². The number of piperazine rings is 1. The van der Waals surface area contributed by atoms with Crippen LogP contribution < -0.4 is 0 Å². The fourth-order valence-corrected chi connectivity index (χ4v) is 8.13. The van der Waals surface area contributed by atoms with Gasteiger partial charge in [0.25, 0.3) is 10.0 Å². The van der Waals surface area contributed by atoms with Gasteiger partial charge in [-0.15, -0.1) is 4.40 Å². The minimum atomic E-state index is -3.73. The zero-order chi connectivity index (χ0) is 21.8. The number of hydrogen-bond acceptors (Lipinski definition) is 7. The summed E-state index contributed by atoms with van der Waals surface area (Å²) < 4.78 is 52.5. The van der Waals surface area contributed by atoms with Gasteiger partial charge in [-0.3, -0.25) is 9.69 Å². The van der Waals surface area contributed by atoms with Crippen LogP contribution in [0.25, 0.3) is 0 Å². The highest BCUT2D eigenvalue weighted by Gasteiger charge is 2.41. The van der Waals surface area contributed by atoms with E-state index in [0.29, 0.717) is 57.0 Å². The zero-order valence-electron chi connectivity index (χ0n) is 17.2. The lowest BCUT2D eigenvalue weighted by atomic mass is 10.1. The number of amidine groups is 1. The number of nitrogens with zero attached hydrogens (tertiary/aromatic N) is 4. The Kier molecular flexibility index (Phi) is 5.10. The standard InChI is InChI=1S/C20H26N4O5S2/c25-20(23-11-9-22(10-12-23)15-7-13-30(26,27)14-15)17-5-3-8-24(17)19-16-4-1-2-6-18(16)31(28,29)21-19/h1-2,4,6,15,17H,3,5,7-14H2/t15-,17+/m0/s1. The van der Waals surface area contributed by atoms with Gasteiger partial charge in [0.05, 0.1) is 11.5 Å². The average molecular weight is 467 g/mol. The third-order valence-electron chi connectivity index (χ3n) is 6.77. The summed E-state index contributed by atoms with van der Waals surface area (Å²) in [5, 5.41) is 0. The minimum absolute atomic E-state index is 0.000623. The van der Waals surface area contributed by atoms with E-state index in [2.05, 4.69) is 9.30 Å². The molecular formula is C20H26N4O5S2. The van der Waals surface area contributed by atoms with Crippen LogP contribution in [-0.2, 0) is 24.7 Å². The summed E-state index contributed by atoms with van der Waals surface area (Å²) in [6, 6.07) is 6.39. The van der Waals surface area contributed by atoms with Crippen molar-refractivity contribution in [3.05, 3.63) is 29.8 Å². The number of carbonyl (C=O) groups is 1. The van der Waals surface area contributed by atoms with Crippen molar-refractivity contribution in [3.8, 4) is 0 Å². The monoisotopic (exact) mass is 466 g/mol. The molecule has 0 N–H and O–H groups in total. The second-order valence-electron chi connectivity index (χ2n) is 8.66. The maximum absolute atomic E-state index is 13.3. The van der Waals surface area contributed by atoms with Gasteiger partial charge in [0, 0.05) is 44.3 Å². The van der Waals surface area contributed by atoms with Crippen LogP contribution in [0.1, 0.15) is 24.8 Å². The number of sulfonamides is 1. The Morgan fingerprint density at radius 3 is 2.42 bits per heavy atom. The average Bonchev–Trinajstić information content (AvgIpc) is 3.44. The van der Waals surface area contributed by atoms with E-state index in [1.807, 2.05) is 9.80 Å². The summed E-state index contributed by atoms with van der Waals surface area (Å²) in [4.78, 5) is 19.4. The molecule has 168 valence electrons. The Bertz CT molecular complexity index is 1140. The molecule has 1 amide bonds. The maximum atomic E-state index is 13.3. The molecule has 11 heteroatoms. The van der Waals surface area contributed by atoms with Gasteiger partial charge in [-0.25, -0.2) is 8.42 Å². The van der Waals surface area contributed by atoms with E-state index < -0.39 is 25.9 Å². The summed E-state index contributed by atoms with van der Waals surface area (Å²) in [6.07, 6.45) is 2.14. The highest BCUT2D eigenvalue weighted by atomic mass is 32.2. The molecule has 0 bridgehead atoms. The highest BCUT2D eigenvalue weighted by molar-refractivity contribution is 7.91. The van der Waals surface area contributed by atoms with Gasteiger partial charge in [-0.2, -0.15) is 8.42 Å². The first-order chi connectivity index (χ1) is 14.8. The lowest BCUT2D eigenvalue weighted by Gasteiger charge is -2.39. The van der Waals surface area contributed by atoms with Crippen LogP contribution in [0.5, 0.6) is 0 Å². The van der Waals surface area contributed by atoms with E-state index in [1.165, 1.54) is 0 Å². The fraction of sp³-hybridized carbons (Fsp3) is 0.600. The molecule has 4 aliphatic heterocycles. The van der Waals surface area contributed by atoms with Crippen LogP contribution in [-0.4, -0.2) is 99.6 Å². The third kappa shape index (κ3) is 3.76. The van der Waals surface area contributed by atoms with E-state index in [4.69, 9.17) is 0 Å². The number of amides is 1. The Morgan fingerprint density at radius 1 is 0.968 bits per heavy atom. The summed E-state index contributed by atoms with van der Waals surface area (Å²) in [6.45, 7) is 3.04. The first kappa shape index (κ1) is 20.9. The zero-order valence-corrected chi connectivity index (χ0v) is 18.8. The Hall–Kier alpha value is -1.98. The van der Waals surface area contributed by atoms with Crippen LogP contribution in [0.4, 0.5) is 0 Å². The normalized spacial score (nSPS) is 29.7. The number of benzene rings is 1. The topological polar surface area (TPSA) is 107 Å². The number of carbonyl (C=O) groups excluding carboxylic acids is 1. The van der Waals surface area contributed by atoms with Crippen molar-refractivity contribution in [2.75, 3.05) is 44.2 Å². The first-order valence-corrected chi connectivity index (χ1v) is 14.0. The van der Waals surface area contributed by atoms with E-state index in [1.54, 1.807) is 24.3 Å². The van der Waals surface area contributed by atoms with Crippen LogP contribution in [0.2, 0.25) is 0 Å². The molecule has 0 spiro atoms. The summed E-state index contributed by atoms with van der Waals surface area (Å²) >= 11 is 0. The Morgan fingerprint density at radius 2 is 1.71 bits per heavy atom. The molecule has 1 aromatic carbocycles.